The lowest BCUT2D eigenvalue weighted by atomic mass is 10.1. The second-order valence-corrected chi connectivity index (χ2v) is 6.30. The smallest absolute Gasteiger partial charge is 0.251 e. The number of carbonyl (C=O) groups is 2. The Hall–Kier alpha value is -3.02. The Kier molecular flexibility index (Phi) is 7.67. The average Bonchev–Trinajstić information content (AvgIpc) is 2.67. The van der Waals surface area contributed by atoms with Crippen LogP contribution in [0.5, 0.6) is 5.75 Å². The van der Waals surface area contributed by atoms with E-state index in [0.717, 1.165) is 17.0 Å². The van der Waals surface area contributed by atoms with Crippen LogP contribution in [0.1, 0.15) is 22.8 Å². The number of carbonyl (C=O) groups excluding carboxylic acids is 2. The number of anilines is 1. The Morgan fingerprint density at radius 3 is 2.15 bits per heavy atom. The van der Waals surface area contributed by atoms with Gasteiger partial charge in [0.2, 0.25) is 5.91 Å². The molecule has 0 aliphatic rings. The normalized spacial score (nSPS) is 10.2. The fourth-order valence-corrected chi connectivity index (χ4v) is 2.51. The Labute approximate surface area is 160 Å². The second-order valence-electron chi connectivity index (χ2n) is 6.30. The van der Waals surface area contributed by atoms with Crippen LogP contribution >= 0.6 is 0 Å². The van der Waals surface area contributed by atoms with E-state index in [1.54, 1.807) is 12.1 Å². The molecule has 2 N–H and O–H groups in total. The van der Waals surface area contributed by atoms with Crippen LogP contribution in [0.25, 0.3) is 0 Å². The number of nitrogens with one attached hydrogen (secondary N) is 2. The van der Waals surface area contributed by atoms with Gasteiger partial charge in [-0.3, -0.25) is 9.59 Å². The highest BCUT2D eigenvalue weighted by molar-refractivity contribution is 5.94. The molecule has 6 nitrogen and oxygen atoms in total. The summed E-state index contributed by atoms with van der Waals surface area (Å²) in [6, 6.07) is 14.8. The van der Waals surface area contributed by atoms with Gasteiger partial charge in [-0.05, 0) is 48.9 Å². The number of nitrogens with zero attached hydrogens (tertiary/aromatic N) is 1. The first kappa shape index (κ1) is 20.3. The molecule has 0 unspecified atom stereocenters. The molecule has 0 saturated heterocycles. The quantitative estimate of drug-likeness (QED) is 0.665. The summed E-state index contributed by atoms with van der Waals surface area (Å²) in [7, 11) is 3.90. The standard InChI is InChI=1S/C21H27N3O3/c1-4-27-19-11-5-16(6-12-19)15-20(25)22-13-14-23-21(26)17-7-9-18(10-8-17)24(2)3/h5-12H,4,13-15H2,1-3H3,(H,22,25)(H,23,26). The summed E-state index contributed by atoms with van der Waals surface area (Å²) in [6.07, 6.45) is 0.298. The number of rotatable bonds is 9. The van der Waals surface area contributed by atoms with Gasteiger partial charge in [0.25, 0.3) is 5.91 Å². The minimum Gasteiger partial charge on any atom is -0.494 e. The number of hydrogen-bond donors (Lipinski definition) is 2. The lowest BCUT2D eigenvalue weighted by Gasteiger charge is -2.12. The predicted octanol–water partition coefficient (Wildman–Crippen LogP) is 2.24. The van der Waals surface area contributed by atoms with Gasteiger partial charge in [-0.1, -0.05) is 12.1 Å². The van der Waals surface area contributed by atoms with Gasteiger partial charge in [0.1, 0.15) is 5.75 Å². The minimum absolute atomic E-state index is 0.0799. The lowest BCUT2D eigenvalue weighted by molar-refractivity contribution is -0.120. The number of hydrogen-bond acceptors (Lipinski definition) is 4. The zero-order valence-electron chi connectivity index (χ0n) is 16.1. The molecule has 0 bridgehead atoms. The molecule has 0 aliphatic heterocycles. The van der Waals surface area contributed by atoms with Gasteiger partial charge in [0.15, 0.2) is 0 Å². The number of benzene rings is 2. The molecule has 0 heterocycles. The van der Waals surface area contributed by atoms with Crippen LogP contribution in [0.4, 0.5) is 5.69 Å². The van der Waals surface area contributed by atoms with E-state index in [2.05, 4.69) is 10.6 Å². The monoisotopic (exact) mass is 369 g/mol. The van der Waals surface area contributed by atoms with Gasteiger partial charge in [-0.2, -0.15) is 0 Å². The van der Waals surface area contributed by atoms with Gasteiger partial charge in [0, 0.05) is 38.4 Å². The maximum atomic E-state index is 12.1. The predicted molar refractivity (Wildman–Crippen MR) is 107 cm³/mol. The first-order chi connectivity index (χ1) is 13.0. The van der Waals surface area contributed by atoms with Gasteiger partial charge in [0.05, 0.1) is 13.0 Å². The minimum atomic E-state index is -0.152. The van der Waals surface area contributed by atoms with Crippen LogP contribution in [0.15, 0.2) is 48.5 Å². The topological polar surface area (TPSA) is 70.7 Å². The molecule has 2 aromatic carbocycles. The van der Waals surface area contributed by atoms with Crippen molar-refractivity contribution in [3.63, 3.8) is 0 Å². The summed E-state index contributed by atoms with van der Waals surface area (Å²) in [4.78, 5) is 26.1. The van der Waals surface area contributed by atoms with Crippen molar-refractivity contribution < 1.29 is 14.3 Å². The zero-order chi connectivity index (χ0) is 19.6. The average molecular weight is 369 g/mol. The Morgan fingerprint density at radius 2 is 1.56 bits per heavy atom. The van der Waals surface area contributed by atoms with E-state index in [1.165, 1.54) is 0 Å². The molecule has 2 amide bonds. The highest BCUT2D eigenvalue weighted by Crippen LogP contribution is 2.13. The molecule has 0 radical (unpaired) electrons. The van der Waals surface area contributed by atoms with Crippen LogP contribution < -0.4 is 20.3 Å². The van der Waals surface area contributed by atoms with Crippen molar-refractivity contribution in [3.05, 3.63) is 59.7 Å². The lowest BCUT2D eigenvalue weighted by Crippen LogP contribution is -2.35. The van der Waals surface area contributed by atoms with Crippen LogP contribution in [-0.2, 0) is 11.2 Å². The van der Waals surface area contributed by atoms with Crippen molar-refractivity contribution in [1.82, 2.24) is 10.6 Å². The molecule has 0 aromatic heterocycles. The maximum absolute atomic E-state index is 12.1. The summed E-state index contributed by atoms with van der Waals surface area (Å²) < 4.78 is 5.38. The summed E-state index contributed by atoms with van der Waals surface area (Å²) in [5.74, 6) is 0.563. The molecule has 6 heteroatoms. The van der Waals surface area contributed by atoms with E-state index in [4.69, 9.17) is 4.74 Å². The third-order valence-corrected chi connectivity index (χ3v) is 3.98. The van der Waals surface area contributed by atoms with Gasteiger partial charge in [-0.25, -0.2) is 0 Å². The second kappa shape index (κ2) is 10.2. The van der Waals surface area contributed by atoms with E-state index < -0.39 is 0 Å². The van der Waals surface area contributed by atoms with Gasteiger partial charge < -0.3 is 20.3 Å². The van der Waals surface area contributed by atoms with Gasteiger partial charge >= 0.3 is 0 Å². The first-order valence-corrected chi connectivity index (χ1v) is 9.03. The molecular weight excluding hydrogens is 342 g/mol. The van der Waals surface area contributed by atoms with Crippen molar-refractivity contribution in [2.24, 2.45) is 0 Å². The molecule has 0 atom stereocenters. The highest BCUT2D eigenvalue weighted by atomic mass is 16.5. The molecule has 0 saturated carbocycles. The van der Waals surface area contributed by atoms with Crippen LogP contribution in [-0.4, -0.2) is 45.6 Å². The van der Waals surface area contributed by atoms with E-state index >= 15 is 0 Å². The molecule has 27 heavy (non-hydrogen) atoms. The third kappa shape index (κ3) is 6.66. The summed E-state index contributed by atoms with van der Waals surface area (Å²) in [6.45, 7) is 3.31. The third-order valence-electron chi connectivity index (χ3n) is 3.98. The Morgan fingerprint density at radius 1 is 0.926 bits per heavy atom. The summed E-state index contributed by atoms with van der Waals surface area (Å²) in [5.41, 5.74) is 2.55. The van der Waals surface area contributed by atoms with Crippen LogP contribution in [0.2, 0.25) is 0 Å². The van der Waals surface area contributed by atoms with E-state index in [0.29, 0.717) is 31.7 Å². The van der Waals surface area contributed by atoms with E-state index in [1.807, 2.05) is 62.3 Å². The highest BCUT2D eigenvalue weighted by Gasteiger charge is 2.07. The van der Waals surface area contributed by atoms with Crippen LogP contribution in [0.3, 0.4) is 0 Å². The molecule has 0 fully saturated rings. The van der Waals surface area contributed by atoms with Gasteiger partial charge in [-0.15, -0.1) is 0 Å². The fraction of sp³-hybridized carbons (Fsp3) is 0.333. The van der Waals surface area contributed by atoms with Crippen molar-refractivity contribution in [2.45, 2.75) is 13.3 Å². The molecule has 2 aromatic rings. The van der Waals surface area contributed by atoms with Crippen molar-refractivity contribution in [3.8, 4) is 5.75 Å². The Balaban J connectivity index is 1.69. The molecular formula is C21H27N3O3. The van der Waals surface area contributed by atoms with E-state index in [-0.39, 0.29) is 11.8 Å². The van der Waals surface area contributed by atoms with Crippen molar-refractivity contribution >= 4 is 17.5 Å². The largest absolute Gasteiger partial charge is 0.494 e. The Bertz CT molecular complexity index is 740. The first-order valence-electron chi connectivity index (χ1n) is 9.03. The number of amides is 2. The van der Waals surface area contributed by atoms with Crippen molar-refractivity contribution in [1.29, 1.82) is 0 Å². The number of ether oxygens (including phenoxy) is 1. The summed E-state index contributed by atoms with van der Waals surface area (Å²) >= 11 is 0. The zero-order valence-corrected chi connectivity index (χ0v) is 16.1. The SMILES string of the molecule is CCOc1ccc(CC(=O)NCCNC(=O)c2ccc(N(C)C)cc2)cc1. The molecule has 2 rings (SSSR count). The van der Waals surface area contributed by atoms with Crippen molar-refractivity contribution in [2.75, 3.05) is 38.7 Å². The molecule has 0 aliphatic carbocycles. The molecule has 0 spiro atoms. The summed E-state index contributed by atoms with van der Waals surface area (Å²) in [5, 5.41) is 5.61. The molecule has 144 valence electrons. The van der Waals surface area contributed by atoms with E-state index in [9.17, 15) is 9.59 Å². The fourth-order valence-electron chi connectivity index (χ4n) is 2.51. The van der Waals surface area contributed by atoms with Crippen LogP contribution in [0, 0.1) is 0 Å². The maximum Gasteiger partial charge on any atom is 0.251 e.